The summed E-state index contributed by atoms with van der Waals surface area (Å²) >= 11 is -0.000525. The van der Waals surface area contributed by atoms with Crippen LogP contribution in [0.5, 0.6) is 0 Å². The van der Waals surface area contributed by atoms with Gasteiger partial charge < -0.3 is 0 Å². The summed E-state index contributed by atoms with van der Waals surface area (Å²) in [5.74, 6) is 0. The van der Waals surface area contributed by atoms with Gasteiger partial charge in [-0.25, -0.2) is 0 Å². The Morgan fingerprint density at radius 2 is 1.05 bits per heavy atom. The molecule has 2 radical (unpaired) electrons. The van der Waals surface area contributed by atoms with E-state index in [0.29, 0.717) is 4.25 Å². The van der Waals surface area contributed by atoms with Gasteiger partial charge in [-0.3, -0.25) is 0 Å². The molecule has 1 aliphatic carbocycles. The second kappa shape index (κ2) is 5.58. The van der Waals surface area contributed by atoms with Crippen LogP contribution in [0.25, 0.3) is 0 Å². The molecule has 114 valence electrons. The third kappa shape index (κ3) is 3.27. The Kier molecular flexibility index (Phi) is 5.17. The molecular formula is C17H34GeSi2. The molecule has 0 fully saturated rings. The third-order valence-electron chi connectivity index (χ3n) is 5.35. The molecular weight excluding hydrogens is 333 g/mol. The van der Waals surface area contributed by atoms with E-state index in [0.717, 1.165) is 4.00 Å². The van der Waals surface area contributed by atoms with E-state index in [2.05, 4.69) is 73.9 Å². The van der Waals surface area contributed by atoms with Crippen LogP contribution in [-0.2, 0) is 0 Å². The van der Waals surface area contributed by atoms with Crippen molar-refractivity contribution in [2.45, 2.75) is 82.1 Å². The maximum atomic E-state index is 2.61. The molecule has 0 nitrogen and oxygen atoms in total. The molecule has 0 aliphatic heterocycles. The predicted octanol–water partition coefficient (Wildman–Crippen LogP) is 6.10. The molecule has 0 atom stereocenters. The van der Waals surface area contributed by atoms with Crippen LogP contribution in [0.4, 0.5) is 0 Å². The van der Waals surface area contributed by atoms with Crippen LogP contribution in [0.1, 0.15) is 34.6 Å². The SMILES string of the molecule is CC1=C(C)[C](C)([Ge][CH]([Si](C)(C)C)[Si](C)(C)C)C(C)=C1C. The fourth-order valence-corrected chi connectivity index (χ4v) is 26.4. The van der Waals surface area contributed by atoms with E-state index < -0.39 is 16.1 Å². The summed E-state index contributed by atoms with van der Waals surface area (Å²) in [6, 6.07) is 0. The summed E-state index contributed by atoms with van der Waals surface area (Å²) in [6.07, 6.45) is 0. The molecule has 20 heavy (non-hydrogen) atoms. The fourth-order valence-electron chi connectivity index (χ4n) is 3.83. The zero-order chi connectivity index (χ0) is 16.1. The van der Waals surface area contributed by atoms with Crippen molar-refractivity contribution < 1.29 is 0 Å². The first-order chi connectivity index (χ1) is 8.73. The first kappa shape index (κ1) is 18.5. The van der Waals surface area contributed by atoms with Crippen LogP contribution in [-0.4, -0.2) is 31.6 Å². The second-order valence-electron chi connectivity index (χ2n) is 8.93. The van der Waals surface area contributed by atoms with Crippen LogP contribution in [0.15, 0.2) is 22.3 Å². The van der Waals surface area contributed by atoms with Gasteiger partial charge >= 0.3 is 136 Å². The van der Waals surface area contributed by atoms with Crippen LogP contribution in [0.3, 0.4) is 0 Å². The van der Waals surface area contributed by atoms with Crippen LogP contribution >= 0.6 is 0 Å². The minimum atomic E-state index is -1.07. The molecule has 0 amide bonds. The Bertz CT molecular complexity index is 420. The van der Waals surface area contributed by atoms with Crippen molar-refractivity contribution in [3.63, 3.8) is 0 Å². The molecule has 0 spiro atoms. The van der Waals surface area contributed by atoms with Gasteiger partial charge in [0, 0.05) is 0 Å². The first-order valence-corrected chi connectivity index (χ1v) is 17.3. The zero-order valence-electron chi connectivity index (χ0n) is 15.6. The first-order valence-electron chi connectivity index (χ1n) is 7.87. The molecule has 0 heterocycles. The molecule has 0 aromatic heterocycles. The minimum absolute atomic E-state index is 0.000525. The van der Waals surface area contributed by atoms with Crippen molar-refractivity contribution in [3.05, 3.63) is 22.3 Å². The van der Waals surface area contributed by atoms with Gasteiger partial charge in [0.25, 0.3) is 0 Å². The molecule has 0 saturated heterocycles. The van der Waals surface area contributed by atoms with Crippen molar-refractivity contribution in [3.8, 4) is 0 Å². The van der Waals surface area contributed by atoms with Gasteiger partial charge in [-0.2, -0.15) is 0 Å². The van der Waals surface area contributed by atoms with Crippen LogP contribution in [0.2, 0.25) is 47.5 Å². The number of hydrogen-bond acceptors (Lipinski definition) is 0. The van der Waals surface area contributed by atoms with Crippen molar-refractivity contribution in [2.75, 3.05) is 0 Å². The van der Waals surface area contributed by atoms with Crippen molar-refractivity contribution >= 4 is 31.6 Å². The molecule has 0 aromatic carbocycles. The Balaban J connectivity index is 3.26. The topological polar surface area (TPSA) is 0 Å². The summed E-state index contributed by atoms with van der Waals surface area (Å²) in [5.41, 5.74) is 6.54. The van der Waals surface area contributed by atoms with Gasteiger partial charge in [0.1, 0.15) is 0 Å². The monoisotopic (exact) mass is 368 g/mol. The Hall–Kier alpha value is 0.457. The van der Waals surface area contributed by atoms with Gasteiger partial charge in [0.2, 0.25) is 0 Å². The van der Waals surface area contributed by atoms with Crippen molar-refractivity contribution in [1.29, 1.82) is 0 Å². The average molecular weight is 367 g/mol. The summed E-state index contributed by atoms with van der Waals surface area (Å²) in [7, 11) is -2.14. The molecule has 0 saturated carbocycles. The summed E-state index contributed by atoms with van der Waals surface area (Å²) in [4.78, 5) is 0. The Labute approximate surface area is 136 Å². The van der Waals surface area contributed by atoms with E-state index in [4.69, 9.17) is 0 Å². The van der Waals surface area contributed by atoms with Gasteiger partial charge in [0.05, 0.1) is 0 Å². The van der Waals surface area contributed by atoms with E-state index in [9.17, 15) is 0 Å². The molecule has 1 aliphatic rings. The number of hydrogen-bond donors (Lipinski definition) is 0. The molecule has 0 unspecified atom stereocenters. The van der Waals surface area contributed by atoms with Gasteiger partial charge in [0.15, 0.2) is 0 Å². The average Bonchev–Trinajstić information content (AvgIpc) is 2.40. The van der Waals surface area contributed by atoms with Crippen molar-refractivity contribution in [1.82, 2.24) is 0 Å². The Morgan fingerprint density at radius 1 is 0.750 bits per heavy atom. The van der Waals surface area contributed by atoms with E-state index in [-0.39, 0.29) is 15.4 Å². The fraction of sp³-hybridized carbons (Fsp3) is 0.765. The molecule has 3 heteroatoms. The second-order valence-corrected chi connectivity index (χ2v) is 26.5. The van der Waals surface area contributed by atoms with Crippen molar-refractivity contribution in [2.24, 2.45) is 0 Å². The van der Waals surface area contributed by atoms with E-state index in [1.54, 1.807) is 22.3 Å². The summed E-state index contributed by atoms with van der Waals surface area (Å²) < 4.78 is 1.54. The van der Waals surface area contributed by atoms with Gasteiger partial charge in [-0.15, -0.1) is 0 Å². The molecule has 0 aromatic rings. The van der Waals surface area contributed by atoms with E-state index in [1.165, 1.54) is 0 Å². The number of allylic oxidation sites excluding steroid dienone is 4. The van der Waals surface area contributed by atoms with Crippen LogP contribution < -0.4 is 0 Å². The van der Waals surface area contributed by atoms with Gasteiger partial charge in [-0.05, 0) is 0 Å². The summed E-state index contributed by atoms with van der Waals surface area (Å²) in [5, 5.41) is 0. The summed E-state index contributed by atoms with van der Waals surface area (Å²) in [6.45, 7) is 27.7. The molecule has 0 N–H and O–H groups in total. The normalized spacial score (nSPS) is 20.4. The van der Waals surface area contributed by atoms with Crippen LogP contribution in [0, 0.1) is 0 Å². The molecule has 1 rings (SSSR count). The van der Waals surface area contributed by atoms with Gasteiger partial charge in [-0.1, -0.05) is 0 Å². The Morgan fingerprint density at radius 3 is 1.30 bits per heavy atom. The third-order valence-corrected chi connectivity index (χ3v) is 29.8. The van der Waals surface area contributed by atoms with E-state index in [1.807, 2.05) is 0 Å². The number of rotatable bonds is 4. The maximum absolute atomic E-state index is 2.61. The zero-order valence-corrected chi connectivity index (χ0v) is 19.7. The molecule has 0 bridgehead atoms. The van der Waals surface area contributed by atoms with E-state index >= 15 is 0 Å². The quantitative estimate of drug-likeness (QED) is 0.527. The predicted molar refractivity (Wildman–Crippen MR) is 101 cm³/mol. The standard InChI is InChI=1S/C17H34GeSi2/c1-12-13(2)15(4)17(5,14(12)3)18-16(19(6,7)8)20(9,10)11/h16H,1-11H3.